The van der Waals surface area contributed by atoms with Gasteiger partial charge in [-0.3, -0.25) is 4.79 Å². The summed E-state index contributed by atoms with van der Waals surface area (Å²) in [6.45, 7) is 7.77. The predicted octanol–water partition coefficient (Wildman–Crippen LogP) is 5.03. The van der Waals surface area contributed by atoms with Crippen molar-refractivity contribution in [2.24, 2.45) is 0 Å². The third-order valence-electron chi connectivity index (χ3n) is 5.96. The molecule has 7 heteroatoms. The molecule has 0 radical (unpaired) electrons. The number of fused-ring (bicyclic) bond motifs is 1. The minimum Gasteiger partial charge on any atom is -0.507 e. The number of carbonyl (C=O) groups is 1. The van der Waals surface area contributed by atoms with Gasteiger partial charge in [0.05, 0.1) is 7.11 Å². The molecule has 0 saturated heterocycles. The first-order valence-corrected chi connectivity index (χ1v) is 11.2. The molecule has 0 saturated carbocycles. The van der Waals surface area contributed by atoms with Crippen LogP contribution in [0.4, 0.5) is 0 Å². The van der Waals surface area contributed by atoms with Gasteiger partial charge in [0.1, 0.15) is 22.8 Å². The van der Waals surface area contributed by atoms with Gasteiger partial charge >= 0.3 is 0 Å². The first-order chi connectivity index (χ1) is 16.0. The third kappa shape index (κ3) is 5.04. The molecule has 4 N–H and O–H groups in total. The number of benzene rings is 2. The maximum atomic E-state index is 13.0. The van der Waals surface area contributed by atoms with E-state index in [9.17, 15) is 25.2 Å². The van der Waals surface area contributed by atoms with Gasteiger partial charge in [0.25, 0.3) is 0 Å². The van der Waals surface area contributed by atoms with Crippen molar-refractivity contribution in [3.8, 4) is 28.7 Å². The van der Waals surface area contributed by atoms with Crippen molar-refractivity contribution >= 4 is 5.78 Å². The Bertz CT molecular complexity index is 1130. The molecule has 2 atom stereocenters. The van der Waals surface area contributed by atoms with E-state index in [1.54, 1.807) is 13.0 Å². The Morgan fingerprint density at radius 2 is 1.79 bits per heavy atom. The zero-order chi connectivity index (χ0) is 25.2. The number of phenolic OH excluding ortho intramolecular Hbond substituents is 3. The fraction of sp³-hybridized carbons (Fsp3) is 0.370. The van der Waals surface area contributed by atoms with Crippen molar-refractivity contribution in [1.29, 1.82) is 0 Å². The smallest absolute Gasteiger partial charge is 0.202 e. The number of ketones is 1. The molecule has 2 aromatic carbocycles. The maximum absolute atomic E-state index is 13.0. The van der Waals surface area contributed by atoms with Crippen LogP contribution in [0.15, 0.2) is 41.5 Å². The summed E-state index contributed by atoms with van der Waals surface area (Å²) in [6, 6.07) is 4.28. The molecule has 1 aliphatic rings. The van der Waals surface area contributed by atoms with Crippen LogP contribution in [0.5, 0.6) is 28.7 Å². The van der Waals surface area contributed by atoms with Crippen molar-refractivity contribution in [1.82, 2.24) is 0 Å². The molecule has 0 fully saturated rings. The van der Waals surface area contributed by atoms with E-state index in [1.165, 1.54) is 24.8 Å². The highest BCUT2D eigenvalue weighted by Gasteiger charge is 2.40. The van der Waals surface area contributed by atoms with E-state index in [4.69, 9.17) is 9.47 Å². The second kappa shape index (κ2) is 10.2. The first kappa shape index (κ1) is 25.2. The SMILES string of the molecule is COc1c(C)cc(C2Oc3cc(O)c(C/C=C(\C)CCC=C(C)C)c(O)c3C(=O)[C@@H]2O)cc1O. The Morgan fingerprint density at radius 1 is 1.09 bits per heavy atom. The quantitative estimate of drug-likeness (QED) is 0.421. The zero-order valence-electron chi connectivity index (χ0n) is 20.2. The molecule has 182 valence electrons. The fourth-order valence-electron chi connectivity index (χ4n) is 4.12. The lowest BCUT2D eigenvalue weighted by Crippen LogP contribution is -2.36. The molecular formula is C27H32O7. The molecule has 2 aromatic rings. The lowest BCUT2D eigenvalue weighted by Gasteiger charge is -2.31. The fourth-order valence-corrected chi connectivity index (χ4v) is 4.12. The first-order valence-electron chi connectivity index (χ1n) is 11.2. The number of ether oxygens (including phenoxy) is 2. The molecule has 7 nitrogen and oxygen atoms in total. The number of aromatic hydroxyl groups is 3. The number of aliphatic hydroxyl groups excluding tert-OH is 1. The van der Waals surface area contributed by atoms with Crippen LogP contribution >= 0.6 is 0 Å². The molecule has 0 spiro atoms. The summed E-state index contributed by atoms with van der Waals surface area (Å²) >= 11 is 0. The molecule has 0 amide bonds. The van der Waals surface area contributed by atoms with E-state index in [0.717, 1.165) is 18.4 Å². The highest BCUT2D eigenvalue weighted by molar-refractivity contribution is 6.06. The highest BCUT2D eigenvalue weighted by atomic mass is 16.5. The predicted molar refractivity (Wildman–Crippen MR) is 129 cm³/mol. The molecule has 0 aromatic heterocycles. The number of methoxy groups -OCH3 is 1. The number of rotatable bonds is 7. The Kier molecular flexibility index (Phi) is 7.57. The number of hydrogen-bond donors (Lipinski definition) is 4. The Labute approximate surface area is 199 Å². The molecule has 1 unspecified atom stereocenters. The topological polar surface area (TPSA) is 116 Å². The molecule has 1 aliphatic heterocycles. The summed E-state index contributed by atoms with van der Waals surface area (Å²) in [7, 11) is 1.43. The lowest BCUT2D eigenvalue weighted by molar-refractivity contribution is 0.0209. The molecular weight excluding hydrogens is 436 g/mol. The van der Waals surface area contributed by atoms with E-state index in [0.29, 0.717) is 11.1 Å². The summed E-state index contributed by atoms with van der Waals surface area (Å²) in [6.07, 6.45) is 3.27. The molecule has 3 rings (SSSR count). The maximum Gasteiger partial charge on any atom is 0.202 e. The Morgan fingerprint density at radius 3 is 2.41 bits per heavy atom. The highest BCUT2D eigenvalue weighted by Crippen LogP contribution is 2.46. The third-order valence-corrected chi connectivity index (χ3v) is 5.96. The lowest BCUT2D eigenvalue weighted by atomic mass is 9.90. The summed E-state index contributed by atoms with van der Waals surface area (Å²) in [5.74, 6) is -1.23. The van der Waals surface area contributed by atoms with Crippen LogP contribution in [0.25, 0.3) is 0 Å². The van der Waals surface area contributed by atoms with Crippen molar-refractivity contribution in [3.05, 3.63) is 63.8 Å². The van der Waals surface area contributed by atoms with Gasteiger partial charge in [0.2, 0.25) is 5.78 Å². The van der Waals surface area contributed by atoms with E-state index < -0.39 is 23.7 Å². The van der Waals surface area contributed by atoms with E-state index in [-0.39, 0.29) is 40.5 Å². The number of carbonyl (C=O) groups excluding carboxylic acids is 1. The average Bonchev–Trinajstić information content (AvgIpc) is 2.75. The Hall–Kier alpha value is -3.45. The summed E-state index contributed by atoms with van der Waals surface area (Å²) in [5.41, 5.74) is 3.32. The number of Topliss-reactive ketones (excluding diaryl/α,β-unsaturated/α-hetero) is 1. The van der Waals surface area contributed by atoms with Crippen LogP contribution in [-0.2, 0) is 6.42 Å². The van der Waals surface area contributed by atoms with Crippen molar-refractivity contribution < 1.29 is 34.7 Å². The second-order valence-corrected chi connectivity index (χ2v) is 8.91. The summed E-state index contributed by atoms with van der Waals surface area (Å²) in [5, 5.41) is 42.3. The van der Waals surface area contributed by atoms with Crippen molar-refractivity contribution in [2.45, 2.75) is 59.2 Å². The van der Waals surface area contributed by atoms with E-state index >= 15 is 0 Å². The number of hydrogen-bond acceptors (Lipinski definition) is 7. The van der Waals surface area contributed by atoms with Crippen molar-refractivity contribution in [2.75, 3.05) is 7.11 Å². The number of phenols is 3. The summed E-state index contributed by atoms with van der Waals surface area (Å²) < 4.78 is 11.0. The second-order valence-electron chi connectivity index (χ2n) is 8.91. The van der Waals surface area contributed by atoms with Crippen molar-refractivity contribution in [3.63, 3.8) is 0 Å². The molecule has 1 heterocycles. The number of aryl methyl sites for hydroxylation is 1. The van der Waals surface area contributed by atoms with Gasteiger partial charge in [-0.25, -0.2) is 0 Å². The molecule has 0 bridgehead atoms. The van der Waals surface area contributed by atoms with Gasteiger partial charge in [-0.05, 0) is 70.2 Å². The minimum atomic E-state index is -1.61. The van der Waals surface area contributed by atoms with Crippen LogP contribution < -0.4 is 9.47 Å². The van der Waals surface area contributed by atoms with Gasteiger partial charge < -0.3 is 29.9 Å². The Balaban J connectivity index is 1.92. The number of aliphatic hydroxyl groups is 1. The van der Waals surface area contributed by atoms with E-state index in [2.05, 4.69) is 6.08 Å². The van der Waals surface area contributed by atoms with E-state index in [1.807, 2.05) is 26.8 Å². The van der Waals surface area contributed by atoms with Crippen LogP contribution in [-0.4, -0.2) is 39.4 Å². The minimum absolute atomic E-state index is 0.0312. The van der Waals surface area contributed by atoms with Gasteiger partial charge in [-0.15, -0.1) is 0 Å². The summed E-state index contributed by atoms with van der Waals surface area (Å²) in [4.78, 5) is 13.0. The standard InChI is InChI=1S/C27H32O7/c1-14(2)7-6-8-15(3)9-10-18-19(28)13-21-22(23(18)30)24(31)25(32)27(34-21)17-11-16(4)26(33-5)20(29)12-17/h7,9,11-13,25,27-30,32H,6,8,10H2,1-5H3/b15-9+/t25-,27?/m0/s1. The van der Waals surface area contributed by atoms with Gasteiger partial charge in [-0.2, -0.15) is 0 Å². The normalized spacial score (nSPS) is 17.7. The average molecular weight is 469 g/mol. The number of allylic oxidation sites excluding steroid dienone is 4. The van der Waals surface area contributed by atoms with Gasteiger partial charge in [0, 0.05) is 11.6 Å². The van der Waals surface area contributed by atoms with Crippen LogP contribution in [0, 0.1) is 6.92 Å². The zero-order valence-corrected chi connectivity index (χ0v) is 20.2. The largest absolute Gasteiger partial charge is 0.507 e. The monoisotopic (exact) mass is 468 g/mol. The van der Waals surface area contributed by atoms with Crippen LogP contribution in [0.3, 0.4) is 0 Å². The molecule has 0 aliphatic carbocycles. The van der Waals surface area contributed by atoms with Crippen LogP contribution in [0.1, 0.15) is 66.8 Å². The van der Waals surface area contributed by atoms with Gasteiger partial charge in [0.15, 0.2) is 23.7 Å². The van der Waals surface area contributed by atoms with Crippen LogP contribution in [0.2, 0.25) is 0 Å². The molecule has 34 heavy (non-hydrogen) atoms. The van der Waals surface area contributed by atoms with Gasteiger partial charge in [-0.1, -0.05) is 23.3 Å².